The van der Waals surface area contributed by atoms with Crippen molar-refractivity contribution in [2.75, 3.05) is 57.8 Å². The van der Waals surface area contributed by atoms with Gasteiger partial charge in [-0.3, -0.25) is 9.59 Å². The maximum atomic E-state index is 12.8. The average Bonchev–Trinajstić information content (AvgIpc) is 2.67. The number of anilines is 1. The first-order chi connectivity index (χ1) is 12.5. The van der Waals surface area contributed by atoms with Crippen LogP contribution in [0.25, 0.3) is 0 Å². The predicted molar refractivity (Wildman–Crippen MR) is 101 cm³/mol. The minimum Gasteiger partial charge on any atom is -0.357 e. The summed E-state index contributed by atoms with van der Waals surface area (Å²) >= 11 is 0. The minimum atomic E-state index is 0.0317. The van der Waals surface area contributed by atoms with E-state index in [-0.39, 0.29) is 11.8 Å². The average molecular weight is 359 g/mol. The van der Waals surface area contributed by atoms with Gasteiger partial charge in [-0.15, -0.1) is 0 Å². The van der Waals surface area contributed by atoms with E-state index >= 15 is 0 Å². The molecule has 2 amide bonds. The number of hydrogen-bond acceptors (Lipinski definition) is 5. The first kappa shape index (κ1) is 18.6. The van der Waals surface area contributed by atoms with Crippen LogP contribution in [0.5, 0.6) is 0 Å². The molecule has 2 saturated heterocycles. The van der Waals surface area contributed by atoms with Crippen molar-refractivity contribution in [1.29, 1.82) is 0 Å². The number of nitrogens with one attached hydrogen (secondary N) is 1. The first-order valence-corrected chi connectivity index (χ1v) is 9.46. The van der Waals surface area contributed by atoms with Crippen LogP contribution in [0.2, 0.25) is 0 Å². The predicted octanol–water partition coefficient (Wildman–Crippen LogP) is 0.822. The van der Waals surface area contributed by atoms with Gasteiger partial charge in [-0.05, 0) is 37.9 Å². The van der Waals surface area contributed by atoms with Gasteiger partial charge in [0.25, 0.3) is 5.91 Å². The van der Waals surface area contributed by atoms with Crippen molar-refractivity contribution in [3.05, 3.63) is 23.9 Å². The number of likely N-dealkylation sites (N-methyl/N-ethyl adjacent to an activating group) is 1. The van der Waals surface area contributed by atoms with E-state index in [1.54, 1.807) is 13.1 Å². The lowest BCUT2D eigenvalue weighted by atomic mass is 9.96. The number of nitrogens with zero attached hydrogens (tertiary/aromatic N) is 4. The van der Waals surface area contributed by atoms with E-state index in [0.29, 0.717) is 5.92 Å². The van der Waals surface area contributed by atoms with Crippen molar-refractivity contribution < 1.29 is 9.59 Å². The van der Waals surface area contributed by atoms with Gasteiger partial charge >= 0.3 is 0 Å². The molecule has 2 aliphatic heterocycles. The molecule has 3 heterocycles. The Morgan fingerprint density at radius 3 is 2.50 bits per heavy atom. The summed E-state index contributed by atoms with van der Waals surface area (Å²) in [6.07, 6.45) is 3.79. The van der Waals surface area contributed by atoms with Crippen LogP contribution < -0.4 is 10.2 Å². The molecule has 0 aromatic carbocycles. The second kappa shape index (κ2) is 8.49. The third-order valence-corrected chi connectivity index (χ3v) is 5.36. The van der Waals surface area contributed by atoms with Crippen LogP contribution >= 0.6 is 0 Å². The molecule has 0 radical (unpaired) electrons. The summed E-state index contributed by atoms with van der Waals surface area (Å²) in [6.45, 7) is 7.52. The number of carbonyl (C=O) groups excluding carboxylic acids is 2. The van der Waals surface area contributed by atoms with Crippen molar-refractivity contribution in [2.45, 2.75) is 19.8 Å². The fraction of sp³-hybridized carbons (Fsp3) is 0.632. The maximum Gasteiger partial charge on any atom is 0.254 e. The van der Waals surface area contributed by atoms with Crippen molar-refractivity contribution in [1.82, 2.24) is 20.1 Å². The minimum absolute atomic E-state index is 0.0317. The Kier molecular flexibility index (Phi) is 6.08. The number of amides is 2. The Morgan fingerprint density at radius 2 is 1.85 bits per heavy atom. The Hall–Kier alpha value is -2.15. The molecule has 2 aliphatic rings. The molecular weight excluding hydrogens is 330 g/mol. The Bertz CT molecular complexity index is 635. The highest BCUT2D eigenvalue weighted by Crippen LogP contribution is 2.22. The van der Waals surface area contributed by atoms with E-state index < -0.39 is 0 Å². The molecule has 142 valence electrons. The van der Waals surface area contributed by atoms with Crippen LogP contribution in [0.4, 0.5) is 5.82 Å². The second-order valence-electron chi connectivity index (χ2n) is 7.37. The molecule has 0 bridgehead atoms. The van der Waals surface area contributed by atoms with Gasteiger partial charge < -0.3 is 20.0 Å². The van der Waals surface area contributed by atoms with Crippen molar-refractivity contribution in [3.8, 4) is 0 Å². The summed E-state index contributed by atoms with van der Waals surface area (Å²) in [5.41, 5.74) is 0.722. The van der Waals surface area contributed by atoms with Gasteiger partial charge in [0.2, 0.25) is 5.91 Å². The number of pyridine rings is 1. The van der Waals surface area contributed by atoms with E-state index in [9.17, 15) is 9.59 Å². The summed E-state index contributed by atoms with van der Waals surface area (Å²) < 4.78 is 0. The van der Waals surface area contributed by atoms with Gasteiger partial charge in [0.15, 0.2) is 0 Å². The lowest BCUT2D eigenvalue weighted by Gasteiger charge is -2.34. The number of hydrogen-bond donors (Lipinski definition) is 1. The van der Waals surface area contributed by atoms with Crippen LogP contribution in [0.1, 0.15) is 30.1 Å². The molecule has 2 fully saturated rings. The van der Waals surface area contributed by atoms with E-state index in [1.807, 2.05) is 17.0 Å². The normalized spacial score (nSPS) is 19.5. The quantitative estimate of drug-likeness (QED) is 0.862. The molecule has 1 aromatic heterocycles. The fourth-order valence-corrected chi connectivity index (χ4v) is 3.57. The standard InChI is InChI=1S/C19H29N5O2/c1-15(25)21-14-16-4-7-23(8-5-16)18-13-17(3-6-20-18)19(26)24-11-9-22(2)10-12-24/h3,6,13,16H,4-5,7-12,14H2,1-2H3,(H,21,25). The molecule has 7 heteroatoms. The van der Waals surface area contributed by atoms with Crippen LogP contribution in [-0.4, -0.2) is 79.5 Å². The smallest absolute Gasteiger partial charge is 0.254 e. The van der Waals surface area contributed by atoms with E-state index in [2.05, 4.69) is 27.1 Å². The molecule has 3 rings (SSSR count). The molecule has 7 nitrogen and oxygen atoms in total. The third-order valence-electron chi connectivity index (χ3n) is 5.36. The highest BCUT2D eigenvalue weighted by Gasteiger charge is 2.23. The van der Waals surface area contributed by atoms with Gasteiger partial charge in [0.05, 0.1) is 0 Å². The summed E-state index contributed by atoms with van der Waals surface area (Å²) in [7, 11) is 2.09. The Balaban J connectivity index is 1.58. The summed E-state index contributed by atoms with van der Waals surface area (Å²) in [5.74, 6) is 1.53. The van der Waals surface area contributed by atoms with Gasteiger partial charge in [0.1, 0.15) is 5.82 Å². The molecule has 0 unspecified atom stereocenters. The molecular formula is C19H29N5O2. The summed E-state index contributed by atoms with van der Waals surface area (Å²) in [5, 5.41) is 2.91. The molecule has 0 aliphatic carbocycles. The molecule has 0 spiro atoms. The van der Waals surface area contributed by atoms with Crippen LogP contribution in [0, 0.1) is 5.92 Å². The van der Waals surface area contributed by atoms with E-state index in [4.69, 9.17) is 0 Å². The molecule has 26 heavy (non-hydrogen) atoms. The number of rotatable bonds is 4. The number of piperazine rings is 1. The highest BCUT2D eigenvalue weighted by atomic mass is 16.2. The largest absolute Gasteiger partial charge is 0.357 e. The van der Waals surface area contributed by atoms with Gasteiger partial charge in [0, 0.05) is 64.5 Å². The lowest BCUT2D eigenvalue weighted by molar-refractivity contribution is -0.119. The summed E-state index contributed by atoms with van der Waals surface area (Å²) in [6, 6.07) is 3.74. The lowest BCUT2D eigenvalue weighted by Crippen LogP contribution is -2.47. The maximum absolute atomic E-state index is 12.8. The highest BCUT2D eigenvalue weighted by molar-refractivity contribution is 5.95. The zero-order chi connectivity index (χ0) is 18.5. The zero-order valence-electron chi connectivity index (χ0n) is 15.8. The summed E-state index contributed by atoms with van der Waals surface area (Å²) in [4.78, 5) is 34.7. The van der Waals surface area contributed by atoms with Crippen molar-refractivity contribution in [3.63, 3.8) is 0 Å². The third kappa shape index (κ3) is 4.72. The second-order valence-corrected chi connectivity index (χ2v) is 7.37. The molecule has 1 N–H and O–H groups in total. The Labute approximate surface area is 155 Å². The zero-order valence-corrected chi connectivity index (χ0v) is 15.8. The van der Waals surface area contributed by atoms with Crippen LogP contribution in [-0.2, 0) is 4.79 Å². The van der Waals surface area contributed by atoms with Gasteiger partial charge in [-0.25, -0.2) is 4.98 Å². The van der Waals surface area contributed by atoms with Crippen molar-refractivity contribution in [2.24, 2.45) is 5.92 Å². The van der Waals surface area contributed by atoms with E-state index in [1.165, 1.54) is 0 Å². The number of piperidine rings is 1. The monoisotopic (exact) mass is 359 g/mol. The van der Waals surface area contributed by atoms with E-state index in [0.717, 1.165) is 70.0 Å². The van der Waals surface area contributed by atoms with Gasteiger partial charge in [-0.1, -0.05) is 0 Å². The Morgan fingerprint density at radius 1 is 1.15 bits per heavy atom. The van der Waals surface area contributed by atoms with Gasteiger partial charge in [-0.2, -0.15) is 0 Å². The number of aromatic nitrogens is 1. The first-order valence-electron chi connectivity index (χ1n) is 9.46. The number of carbonyl (C=O) groups is 2. The van der Waals surface area contributed by atoms with Crippen molar-refractivity contribution >= 4 is 17.6 Å². The molecule has 0 saturated carbocycles. The van der Waals surface area contributed by atoms with Crippen LogP contribution in [0.3, 0.4) is 0 Å². The molecule has 1 aromatic rings. The fourth-order valence-electron chi connectivity index (χ4n) is 3.57. The molecule has 0 atom stereocenters. The topological polar surface area (TPSA) is 68.8 Å². The van der Waals surface area contributed by atoms with Crippen LogP contribution in [0.15, 0.2) is 18.3 Å². The SMILES string of the molecule is CC(=O)NCC1CCN(c2cc(C(=O)N3CCN(C)CC3)ccn2)CC1.